The number of ether oxygens (including phenoxy) is 1. The molecule has 0 aliphatic carbocycles. The molecule has 6 nitrogen and oxygen atoms in total. The minimum absolute atomic E-state index is 0.344. The highest BCUT2D eigenvalue weighted by Gasteiger charge is 2.10. The van der Waals surface area contributed by atoms with Crippen molar-refractivity contribution in [3.05, 3.63) is 94.4 Å². The number of anilines is 2. The molecule has 30 heavy (non-hydrogen) atoms. The van der Waals surface area contributed by atoms with Crippen LogP contribution in [-0.4, -0.2) is 21.4 Å². The third-order valence-electron chi connectivity index (χ3n) is 4.06. The molecule has 0 atom stereocenters. The van der Waals surface area contributed by atoms with Crippen LogP contribution in [0.25, 0.3) is 6.08 Å². The van der Waals surface area contributed by atoms with Crippen LogP contribution in [0.2, 0.25) is 5.02 Å². The summed E-state index contributed by atoms with van der Waals surface area (Å²) in [6, 6.07) is 20.1. The molecule has 0 bridgehead atoms. The maximum absolute atomic E-state index is 12.4. The number of carbonyl (C=O) groups is 1. The first-order valence-electron chi connectivity index (χ1n) is 8.87. The van der Waals surface area contributed by atoms with Crippen molar-refractivity contribution < 1.29 is 17.9 Å². The fourth-order valence-electron chi connectivity index (χ4n) is 2.57. The first kappa shape index (κ1) is 21.4. The van der Waals surface area contributed by atoms with Crippen molar-refractivity contribution in [2.45, 2.75) is 0 Å². The van der Waals surface area contributed by atoms with E-state index < -0.39 is 10.0 Å². The molecule has 0 aliphatic rings. The second kappa shape index (κ2) is 9.47. The second-order valence-electron chi connectivity index (χ2n) is 6.24. The Balaban J connectivity index is 1.64. The summed E-state index contributed by atoms with van der Waals surface area (Å²) in [5.74, 6) is 0.155. The van der Waals surface area contributed by atoms with Crippen molar-refractivity contribution in [2.75, 3.05) is 17.1 Å². The van der Waals surface area contributed by atoms with Crippen LogP contribution in [0.1, 0.15) is 15.9 Å². The summed E-state index contributed by atoms with van der Waals surface area (Å²) in [6.45, 7) is 0. The highest BCUT2D eigenvalue weighted by atomic mass is 35.5. The van der Waals surface area contributed by atoms with Gasteiger partial charge in [-0.25, -0.2) is 8.42 Å². The topological polar surface area (TPSA) is 84.5 Å². The number of carbonyl (C=O) groups excluding carboxylic acids is 1. The molecule has 0 heterocycles. The van der Waals surface area contributed by atoms with Crippen LogP contribution in [-0.2, 0) is 10.0 Å². The Morgan fingerprint density at radius 3 is 2.27 bits per heavy atom. The number of hydrogen-bond acceptors (Lipinski definition) is 4. The van der Waals surface area contributed by atoms with Gasteiger partial charge >= 0.3 is 0 Å². The number of benzene rings is 3. The Morgan fingerprint density at radius 1 is 0.967 bits per heavy atom. The average molecular weight is 443 g/mol. The highest BCUT2D eigenvalue weighted by Crippen LogP contribution is 2.27. The van der Waals surface area contributed by atoms with E-state index in [1.165, 1.54) is 37.5 Å². The van der Waals surface area contributed by atoms with E-state index in [4.69, 9.17) is 16.3 Å². The maximum Gasteiger partial charge on any atom is 0.255 e. The zero-order valence-corrected chi connectivity index (χ0v) is 17.6. The Bertz CT molecular complexity index is 1160. The quantitative estimate of drug-likeness (QED) is 0.538. The number of hydrogen-bond donors (Lipinski definition) is 2. The summed E-state index contributed by atoms with van der Waals surface area (Å²) in [7, 11) is -2.18. The summed E-state index contributed by atoms with van der Waals surface area (Å²) in [5.41, 5.74) is 2.00. The molecular weight excluding hydrogens is 424 g/mol. The Morgan fingerprint density at radius 2 is 1.63 bits per heavy atom. The lowest BCUT2D eigenvalue weighted by molar-refractivity contribution is 0.102. The Hall–Kier alpha value is -3.29. The molecule has 3 aromatic rings. The van der Waals surface area contributed by atoms with Crippen LogP contribution in [0.5, 0.6) is 5.75 Å². The molecule has 0 saturated carbocycles. The number of sulfonamides is 1. The molecule has 0 fully saturated rings. The van der Waals surface area contributed by atoms with E-state index in [2.05, 4.69) is 10.0 Å². The predicted molar refractivity (Wildman–Crippen MR) is 120 cm³/mol. The molecule has 3 rings (SSSR count). The molecule has 8 heteroatoms. The van der Waals surface area contributed by atoms with E-state index in [9.17, 15) is 13.2 Å². The zero-order chi connectivity index (χ0) is 21.6. The molecule has 0 aromatic heterocycles. The van der Waals surface area contributed by atoms with E-state index in [0.29, 0.717) is 27.7 Å². The number of nitrogens with one attached hydrogen (secondary N) is 2. The van der Waals surface area contributed by atoms with Gasteiger partial charge in [0.1, 0.15) is 5.75 Å². The van der Waals surface area contributed by atoms with Gasteiger partial charge in [-0.15, -0.1) is 0 Å². The molecule has 1 amide bonds. The third kappa shape index (κ3) is 5.85. The Labute approximate surface area is 180 Å². The minimum Gasteiger partial charge on any atom is -0.495 e. The van der Waals surface area contributed by atoms with Crippen molar-refractivity contribution >= 4 is 45.0 Å². The summed E-state index contributed by atoms with van der Waals surface area (Å²) in [6.07, 6.45) is 1.50. The van der Waals surface area contributed by atoms with E-state index in [1.807, 2.05) is 18.2 Å². The summed E-state index contributed by atoms with van der Waals surface area (Å²) >= 11 is 6.06. The minimum atomic E-state index is -3.68. The number of halogens is 1. The van der Waals surface area contributed by atoms with Crippen molar-refractivity contribution in [2.24, 2.45) is 0 Å². The maximum atomic E-state index is 12.4. The first-order valence-corrected chi connectivity index (χ1v) is 10.8. The summed E-state index contributed by atoms with van der Waals surface area (Å²) < 4.78 is 32.0. The molecule has 2 N–H and O–H groups in total. The van der Waals surface area contributed by atoms with Crippen molar-refractivity contribution in [3.8, 4) is 5.75 Å². The molecule has 0 saturated heterocycles. The number of amides is 1. The smallest absolute Gasteiger partial charge is 0.255 e. The van der Waals surface area contributed by atoms with Gasteiger partial charge in [-0.05, 0) is 54.1 Å². The van der Waals surface area contributed by atoms with E-state index >= 15 is 0 Å². The third-order valence-corrected chi connectivity index (χ3v) is 5.37. The van der Waals surface area contributed by atoms with E-state index in [0.717, 1.165) is 11.0 Å². The lowest BCUT2D eigenvalue weighted by Gasteiger charge is -2.09. The van der Waals surface area contributed by atoms with Gasteiger partial charge in [-0.3, -0.25) is 9.52 Å². The SMILES string of the molecule is COc1ccc(NC(=O)c2ccc(NS(=O)(=O)/C=C/c3ccccc3)cc2)cc1Cl. The fraction of sp³-hybridized carbons (Fsp3) is 0.0455. The van der Waals surface area contributed by atoms with Gasteiger partial charge in [0.25, 0.3) is 15.9 Å². The molecule has 0 radical (unpaired) electrons. The van der Waals surface area contributed by atoms with Gasteiger partial charge in [0.15, 0.2) is 0 Å². The van der Waals surface area contributed by atoms with Crippen molar-refractivity contribution in [1.29, 1.82) is 0 Å². The fourth-order valence-corrected chi connectivity index (χ4v) is 3.69. The van der Waals surface area contributed by atoms with Crippen LogP contribution < -0.4 is 14.8 Å². The normalized spacial score (nSPS) is 11.3. The summed E-state index contributed by atoms with van der Waals surface area (Å²) in [5, 5.41) is 4.20. The number of rotatable bonds is 7. The van der Waals surface area contributed by atoms with Crippen LogP contribution in [0.3, 0.4) is 0 Å². The molecule has 0 aliphatic heterocycles. The summed E-state index contributed by atoms with van der Waals surface area (Å²) in [4.78, 5) is 12.4. The van der Waals surface area contributed by atoms with E-state index in [1.54, 1.807) is 30.3 Å². The van der Waals surface area contributed by atoms with Gasteiger partial charge in [0, 0.05) is 16.9 Å². The Kier molecular flexibility index (Phi) is 6.76. The zero-order valence-electron chi connectivity index (χ0n) is 16.0. The lowest BCUT2D eigenvalue weighted by atomic mass is 10.2. The molecule has 0 spiro atoms. The second-order valence-corrected chi connectivity index (χ2v) is 8.21. The van der Waals surface area contributed by atoms with Crippen LogP contribution >= 0.6 is 11.6 Å². The molecule has 3 aromatic carbocycles. The van der Waals surface area contributed by atoms with Crippen molar-refractivity contribution in [3.63, 3.8) is 0 Å². The van der Waals surface area contributed by atoms with Gasteiger partial charge in [-0.2, -0.15) is 0 Å². The van der Waals surface area contributed by atoms with Crippen LogP contribution in [0, 0.1) is 0 Å². The molecular formula is C22H19ClN2O4S. The highest BCUT2D eigenvalue weighted by molar-refractivity contribution is 7.95. The van der Waals surface area contributed by atoms with Gasteiger partial charge < -0.3 is 10.1 Å². The van der Waals surface area contributed by atoms with Crippen molar-refractivity contribution in [1.82, 2.24) is 0 Å². The first-order chi connectivity index (χ1) is 14.4. The lowest BCUT2D eigenvalue weighted by Crippen LogP contribution is -2.12. The largest absolute Gasteiger partial charge is 0.495 e. The standard InChI is InChI=1S/C22H19ClN2O4S/c1-29-21-12-11-19(15-20(21)23)24-22(26)17-7-9-18(10-8-17)25-30(27,28)14-13-16-5-3-2-4-6-16/h2-15,25H,1H3,(H,24,26)/b14-13+. The van der Waals surface area contributed by atoms with Crippen LogP contribution in [0.15, 0.2) is 78.2 Å². The predicted octanol–water partition coefficient (Wildman–Crippen LogP) is 5.01. The number of methoxy groups -OCH3 is 1. The monoisotopic (exact) mass is 442 g/mol. The molecule has 0 unspecified atom stereocenters. The van der Waals surface area contributed by atoms with Gasteiger partial charge in [0.2, 0.25) is 0 Å². The van der Waals surface area contributed by atoms with E-state index in [-0.39, 0.29) is 5.91 Å². The average Bonchev–Trinajstić information content (AvgIpc) is 2.73. The van der Waals surface area contributed by atoms with Crippen LogP contribution in [0.4, 0.5) is 11.4 Å². The molecule has 154 valence electrons. The van der Waals surface area contributed by atoms with Gasteiger partial charge in [0.05, 0.1) is 17.5 Å². The van der Waals surface area contributed by atoms with Gasteiger partial charge in [-0.1, -0.05) is 41.9 Å².